The number of nitrogens with one attached hydrogen (secondary N) is 1. The summed E-state index contributed by atoms with van der Waals surface area (Å²) in [6.45, 7) is 3.04. The van der Waals surface area contributed by atoms with Crippen molar-refractivity contribution in [1.82, 2.24) is 0 Å². The molecule has 4 heteroatoms. The van der Waals surface area contributed by atoms with Crippen LogP contribution in [0.1, 0.15) is 29.3 Å². The lowest BCUT2D eigenvalue weighted by molar-refractivity contribution is 0.102. The number of anilines is 1. The summed E-state index contributed by atoms with van der Waals surface area (Å²) in [5.74, 6) is 0.985. The monoisotopic (exact) mass is 361 g/mol. The third-order valence-corrected chi connectivity index (χ3v) is 3.97. The van der Waals surface area contributed by atoms with Gasteiger partial charge in [-0.15, -0.1) is 0 Å². The summed E-state index contributed by atoms with van der Waals surface area (Å²) >= 11 is 0. The Morgan fingerprint density at radius 3 is 2.26 bits per heavy atom. The van der Waals surface area contributed by atoms with Crippen molar-refractivity contribution in [2.24, 2.45) is 0 Å². The maximum absolute atomic E-state index is 12.8. The number of para-hydroxylation sites is 3. The van der Waals surface area contributed by atoms with Gasteiger partial charge in [0.05, 0.1) is 17.9 Å². The van der Waals surface area contributed by atoms with E-state index in [9.17, 15) is 4.79 Å². The molecule has 0 bridgehead atoms. The lowest BCUT2D eigenvalue weighted by Crippen LogP contribution is -2.14. The Kier molecular flexibility index (Phi) is 6.47. The molecule has 0 spiro atoms. The fourth-order valence-corrected chi connectivity index (χ4v) is 2.61. The largest absolute Gasteiger partial charge is 0.493 e. The Morgan fingerprint density at radius 2 is 1.48 bits per heavy atom. The first-order valence-electron chi connectivity index (χ1n) is 9.07. The highest BCUT2D eigenvalue weighted by molar-refractivity contribution is 6.06. The van der Waals surface area contributed by atoms with Gasteiger partial charge in [-0.2, -0.15) is 0 Å². The van der Waals surface area contributed by atoms with Crippen molar-refractivity contribution in [1.29, 1.82) is 0 Å². The predicted octanol–water partition coefficient (Wildman–Crippen LogP) is 5.31. The van der Waals surface area contributed by atoms with E-state index < -0.39 is 0 Å². The highest BCUT2D eigenvalue weighted by atomic mass is 16.5. The molecule has 0 aromatic heterocycles. The Morgan fingerprint density at radius 1 is 0.815 bits per heavy atom. The second-order valence-electron chi connectivity index (χ2n) is 6.07. The molecule has 3 aromatic rings. The summed E-state index contributed by atoms with van der Waals surface area (Å²) in [5.41, 5.74) is 2.20. The molecular weight excluding hydrogens is 338 g/mol. The van der Waals surface area contributed by atoms with Crippen molar-refractivity contribution in [2.75, 3.05) is 11.9 Å². The molecule has 0 unspecified atom stereocenters. The van der Waals surface area contributed by atoms with E-state index in [4.69, 9.17) is 9.47 Å². The van der Waals surface area contributed by atoms with Gasteiger partial charge in [-0.3, -0.25) is 4.79 Å². The van der Waals surface area contributed by atoms with Crippen LogP contribution in [0.5, 0.6) is 11.5 Å². The zero-order chi connectivity index (χ0) is 18.9. The van der Waals surface area contributed by atoms with E-state index in [1.165, 1.54) is 0 Å². The molecule has 0 heterocycles. The van der Waals surface area contributed by atoms with E-state index in [1.807, 2.05) is 79.7 Å². The number of hydrogen-bond acceptors (Lipinski definition) is 3. The standard InChI is InChI=1S/C23H23NO3/c1-2-16-26-21-14-8-6-12-19(21)23(25)24-20-13-7-9-15-22(20)27-17-18-10-4-3-5-11-18/h3-15H,2,16-17H2,1H3,(H,24,25). The van der Waals surface area contributed by atoms with Crippen LogP contribution in [0.2, 0.25) is 0 Å². The number of hydrogen-bond donors (Lipinski definition) is 1. The fourth-order valence-electron chi connectivity index (χ4n) is 2.61. The summed E-state index contributed by atoms with van der Waals surface area (Å²) in [6, 6.07) is 24.6. The van der Waals surface area contributed by atoms with Crippen LogP contribution in [0, 0.1) is 0 Å². The van der Waals surface area contributed by atoms with Gasteiger partial charge in [-0.05, 0) is 36.2 Å². The fraction of sp³-hybridized carbons (Fsp3) is 0.174. The Labute approximate surface area is 159 Å². The minimum atomic E-state index is -0.225. The second kappa shape index (κ2) is 9.43. The average molecular weight is 361 g/mol. The third-order valence-electron chi connectivity index (χ3n) is 3.97. The molecule has 4 nitrogen and oxygen atoms in total. The van der Waals surface area contributed by atoms with Crippen molar-refractivity contribution in [3.8, 4) is 11.5 Å². The zero-order valence-electron chi connectivity index (χ0n) is 15.4. The van der Waals surface area contributed by atoms with Crippen molar-refractivity contribution in [3.63, 3.8) is 0 Å². The number of benzene rings is 3. The Bertz CT molecular complexity index is 878. The molecule has 0 aliphatic rings. The highest BCUT2D eigenvalue weighted by Gasteiger charge is 2.14. The number of rotatable bonds is 8. The topological polar surface area (TPSA) is 47.6 Å². The SMILES string of the molecule is CCCOc1ccccc1C(=O)Nc1ccccc1OCc1ccccc1. The zero-order valence-corrected chi connectivity index (χ0v) is 15.4. The first kappa shape index (κ1) is 18.5. The molecular formula is C23H23NO3. The van der Waals surface area contributed by atoms with E-state index >= 15 is 0 Å². The lowest BCUT2D eigenvalue weighted by atomic mass is 10.1. The summed E-state index contributed by atoms with van der Waals surface area (Å²) in [7, 11) is 0. The van der Waals surface area contributed by atoms with Crippen LogP contribution in [-0.4, -0.2) is 12.5 Å². The van der Waals surface area contributed by atoms with Gasteiger partial charge < -0.3 is 14.8 Å². The molecule has 0 aliphatic heterocycles. The van der Waals surface area contributed by atoms with Crippen LogP contribution in [0.15, 0.2) is 78.9 Å². The van der Waals surface area contributed by atoms with Gasteiger partial charge >= 0.3 is 0 Å². The van der Waals surface area contributed by atoms with Gasteiger partial charge in [0.1, 0.15) is 18.1 Å². The maximum Gasteiger partial charge on any atom is 0.259 e. The van der Waals surface area contributed by atoms with Crippen LogP contribution in [0.3, 0.4) is 0 Å². The summed E-state index contributed by atoms with van der Waals surface area (Å²) in [4.78, 5) is 12.8. The lowest BCUT2D eigenvalue weighted by Gasteiger charge is -2.14. The van der Waals surface area contributed by atoms with Crippen molar-refractivity contribution in [2.45, 2.75) is 20.0 Å². The molecule has 0 radical (unpaired) electrons. The Balaban J connectivity index is 1.73. The highest BCUT2D eigenvalue weighted by Crippen LogP contribution is 2.27. The molecule has 27 heavy (non-hydrogen) atoms. The van der Waals surface area contributed by atoms with E-state index in [0.29, 0.717) is 36.0 Å². The molecule has 1 N–H and O–H groups in total. The van der Waals surface area contributed by atoms with Gasteiger partial charge in [0.2, 0.25) is 0 Å². The van der Waals surface area contributed by atoms with Crippen molar-refractivity contribution >= 4 is 11.6 Å². The molecule has 0 aliphatic carbocycles. The first-order valence-corrected chi connectivity index (χ1v) is 9.07. The van der Waals surface area contributed by atoms with Crippen LogP contribution in [-0.2, 0) is 6.61 Å². The van der Waals surface area contributed by atoms with Gasteiger partial charge in [0.25, 0.3) is 5.91 Å². The van der Waals surface area contributed by atoms with Gasteiger partial charge in [-0.25, -0.2) is 0 Å². The van der Waals surface area contributed by atoms with E-state index in [1.54, 1.807) is 6.07 Å². The van der Waals surface area contributed by atoms with E-state index in [2.05, 4.69) is 5.32 Å². The normalized spacial score (nSPS) is 10.3. The molecule has 0 saturated heterocycles. The van der Waals surface area contributed by atoms with Crippen molar-refractivity contribution in [3.05, 3.63) is 90.0 Å². The number of amides is 1. The third kappa shape index (κ3) is 5.11. The number of carbonyl (C=O) groups is 1. The average Bonchev–Trinajstić information content (AvgIpc) is 2.72. The molecule has 138 valence electrons. The molecule has 0 fully saturated rings. The first-order chi connectivity index (χ1) is 13.3. The summed E-state index contributed by atoms with van der Waals surface area (Å²) < 4.78 is 11.6. The number of carbonyl (C=O) groups excluding carboxylic acids is 1. The molecule has 3 aromatic carbocycles. The predicted molar refractivity (Wildman–Crippen MR) is 107 cm³/mol. The molecule has 1 amide bonds. The quantitative estimate of drug-likeness (QED) is 0.592. The van der Waals surface area contributed by atoms with Crippen LogP contribution < -0.4 is 14.8 Å². The summed E-state index contributed by atoms with van der Waals surface area (Å²) in [5, 5.41) is 2.94. The second-order valence-corrected chi connectivity index (χ2v) is 6.07. The smallest absolute Gasteiger partial charge is 0.259 e. The van der Waals surface area contributed by atoms with E-state index in [0.717, 1.165) is 12.0 Å². The van der Waals surface area contributed by atoms with Crippen molar-refractivity contribution < 1.29 is 14.3 Å². The van der Waals surface area contributed by atoms with Crippen LogP contribution in [0.25, 0.3) is 0 Å². The van der Waals surface area contributed by atoms with E-state index in [-0.39, 0.29) is 5.91 Å². The summed E-state index contributed by atoms with van der Waals surface area (Å²) in [6.07, 6.45) is 0.881. The minimum absolute atomic E-state index is 0.225. The Hall–Kier alpha value is -3.27. The van der Waals surface area contributed by atoms with Crippen LogP contribution in [0.4, 0.5) is 5.69 Å². The van der Waals surface area contributed by atoms with Gasteiger partial charge in [0, 0.05) is 0 Å². The van der Waals surface area contributed by atoms with Gasteiger partial charge in [-0.1, -0.05) is 61.5 Å². The van der Waals surface area contributed by atoms with Crippen LogP contribution >= 0.6 is 0 Å². The van der Waals surface area contributed by atoms with Gasteiger partial charge in [0.15, 0.2) is 0 Å². The maximum atomic E-state index is 12.8. The molecule has 0 saturated carbocycles. The minimum Gasteiger partial charge on any atom is -0.493 e. The molecule has 3 rings (SSSR count). The molecule has 0 atom stereocenters. The number of ether oxygens (including phenoxy) is 2.